The van der Waals surface area contributed by atoms with E-state index in [0.717, 1.165) is 71.3 Å². The molecule has 0 fully saturated rings. The van der Waals surface area contributed by atoms with Gasteiger partial charge in [0, 0.05) is 40.1 Å². The number of hydrogen-bond acceptors (Lipinski definition) is 4. The Labute approximate surface area is 174 Å². The minimum atomic E-state index is 0.809. The van der Waals surface area contributed by atoms with Crippen LogP contribution in [-0.2, 0) is 0 Å². The molecule has 5 nitrogen and oxygen atoms in total. The number of rotatable bonds is 0. The van der Waals surface area contributed by atoms with Crippen molar-refractivity contribution in [1.29, 1.82) is 0 Å². The van der Waals surface area contributed by atoms with Crippen LogP contribution in [0, 0.1) is 0 Å². The molecule has 0 saturated heterocycles. The van der Waals surface area contributed by atoms with Crippen LogP contribution >= 0.6 is 0 Å². The second kappa shape index (κ2) is 5.21. The maximum atomic E-state index is 6.47. The first-order valence-corrected chi connectivity index (χ1v) is 10.2. The van der Waals surface area contributed by atoms with Crippen molar-refractivity contribution < 1.29 is 8.83 Å². The van der Waals surface area contributed by atoms with E-state index in [0.29, 0.717) is 0 Å². The maximum Gasteiger partial charge on any atom is 0.147 e. The van der Waals surface area contributed by atoms with Gasteiger partial charge < -0.3 is 8.83 Å². The Hall–Kier alpha value is -4.38. The predicted octanol–water partition coefficient (Wildman–Crippen LogP) is 6.83. The van der Waals surface area contributed by atoms with Gasteiger partial charge in [-0.05, 0) is 42.5 Å². The molecule has 3 aromatic carbocycles. The number of fused-ring (bicyclic) bond motifs is 14. The van der Waals surface area contributed by atoms with Crippen LogP contribution in [0.4, 0.5) is 0 Å². The van der Waals surface area contributed by atoms with Gasteiger partial charge in [-0.2, -0.15) is 0 Å². The van der Waals surface area contributed by atoms with E-state index in [4.69, 9.17) is 13.8 Å². The van der Waals surface area contributed by atoms with Crippen molar-refractivity contribution in [2.45, 2.75) is 0 Å². The van der Waals surface area contributed by atoms with Crippen LogP contribution < -0.4 is 0 Å². The van der Waals surface area contributed by atoms with Crippen molar-refractivity contribution >= 4 is 71.3 Å². The van der Waals surface area contributed by atoms with Crippen molar-refractivity contribution in [1.82, 2.24) is 14.4 Å². The molecule has 5 heteroatoms. The predicted molar refractivity (Wildman–Crippen MR) is 123 cm³/mol. The molecule has 0 aliphatic rings. The number of aromatic nitrogens is 3. The Kier molecular flexibility index (Phi) is 2.60. The van der Waals surface area contributed by atoms with Gasteiger partial charge >= 0.3 is 0 Å². The van der Waals surface area contributed by atoms with Crippen molar-refractivity contribution in [2.75, 3.05) is 0 Å². The second-order valence-corrected chi connectivity index (χ2v) is 7.87. The van der Waals surface area contributed by atoms with E-state index >= 15 is 0 Å². The normalized spacial score (nSPS) is 12.5. The summed E-state index contributed by atoms with van der Waals surface area (Å²) in [7, 11) is 0. The van der Waals surface area contributed by atoms with E-state index < -0.39 is 0 Å². The van der Waals surface area contributed by atoms with Gasteiger partial charge in [-0.1, -0.05) is 18.2 Å². The Bertz CT molecular complexity index is 2010. The third-order valence-corrected chi connectivity index (χ3v) is 6.31. The van der Waals surface area contributed by atoms with Crippen LogP contribution in [-0.4, -0.2) is 14.4 Å². The molecule has 0 aliphatic carbocycles. The summed E-state index contributed by atoms with van der Waals surface area (Å²) in [5.74, 6) is 0. The van der Waals surface area contributed by atoms with E-state index in [9.17, 15) is 0 Å². The van der Waals surface area contributed by atoms with Gasteiger partial charge in [-0.3, -0.25) is 9.38 Å². The first-order chi connectivity index (χ1) is 15.4. The molecule has 0 unspecified atom stereocenters. The van der Waals surface area contributed by atoms with Crippen LogP contribution in [0.3, 0.4) is 0 Å². The topological polar surface area (TPSA) is 56.5 Å². The lowest BCUT2D eigenvalue weighted by Gasteiger charge is -2.07. The first kappa shape index (κ1) is 15.5. The van der Waals surface area contributed by atoms with Crippen molar-refractivity contribution in [3.8, 4) is 0 Å². The lowest BCUT2D eigenvalue weighted by Crippen LogP contribution is -1.92. The lowest BCUT2D eigenvalue weighted by molar-refractivity contribution is 0.665. The fourth-order valence-corrected chi connectivity index (χ4v) is 5.01. The highest BCUT2D eigenvalue weighted by Gasteiger charge is 2.20. The summed E-state index contributed by atoms with van der Waals surface area (Å²) in [6.45, 7) is 0. The summed E-state index contributed by atoms with van der Waals surface area (Å²) in [6.07, 6.45) is 5.62. The Balaban J connectivity index is 1.67. The number of pyridine rings is 2. The Morgan fingerprint density at radius 2 is 1.45 bits per heavy atom. The largest absolute Gasteiger partial charge is 0.455 e. The minimum Gasteiger partial charge on any atom is -0.455 e. The van der Waals surface area contributed by atoms with Crippen molar-refractivity contribution in [3.63, 3.8) is 0 Å². The number of imidazole rings is 1. The molecule has 0 N–H and O–H groups in total. The third-order valence-electron chi connectivity index (χ3n) is 6.31. The molecule has 8 rings (SSSR count). The molecule has 0 amide bonds. The molecule has 0 radical (unpaired) electrons. The molecule has 0 bridgehead atoms. The van der Waals surface area contributed by atoms with E-state index in [1.165, 1.54) is 0 Å². The van der Waals surface area contributed by atoms with Crippen LogP contribution in [0.2, 0.25) is 0 Å². The molecule has 0 aliphatic heterocycles. The molecule has 0 saturated carbocycles. The van der Waals surface area contributed by atoms with Gasteiger partial charge in [-0.25, -0.2) is 4.98 Å². The highest BCUT2D eigenvalue weighted by molar-refractivity contribution is 6.28. The lowest BCUT2D eigenvalue weighted by atomic mass is 10.0. The first-order valence-electron chi connectivity index (χ1n) is 10.2. The number of furan rings is 2. The average molecular weight is 399 g/mol. The van der Waals surface area contributed by atoms with Crippen LogP contribution in [0.15, 0.2) is 88.1 Å². The summed E-state index contributed by atoms with van der Waals surface area (Å²) < 4.78 is 14.9. The molecule has 144 valence electrons. The fraction of sp³-hybridized carbons (Fsp3) is 0. The van der Waals surface area contributed by atoms with Crippen molar-refractivity contribution in [2.24, 2.45) is 0 Å². The number of para-hydroxylation sites is 1. The summed E-state index contributed by atoms with van der Waals surface area (Å²) in [5.41, 5.74) is 6.17. The van der Waals surface area contributed by atoms with Crippen LogP contribution in [0.25, 0.3) is 71.3 Å². The molecule has 5 heterocycles. The standard InChI is InChI=1S/C26H13N3O2/c1-2-6-19-14(4-1)15-8-10-20-21(24(15)30-19)16-7-9-18-22(25(16)31-20)23-17(5-3-11-27-23)26-28-12-13-29(18)26/h1-13H. The maximum absolute atomic E-state index is 6.47. The Morgan fingerprint density at radius 1 is 0.613 bits per heavy atom. The second-order valence-electron chi connectivity index (χ2n) is 7.87. The molecular formula is C26H13N3O2. The number of nitrogens with zero attached hydrogens (tertiary/aromatic N) is 3. The SMILES string of the molecule is c1ccc2c(c1)oc1c2ccc2oc3c(ccc4c3c3ncccc3c3nccn43)c21. The highest BCUT2D eigenvalue weighted by Crippen LogP contribution is 2.42. The van der Waals surface area contributed by atoms with Crippen LogP contribution in [0.1, 0.15) is 0 Å². The molecular weight excluding hydrogens is 386 g/mol. The molecule has 0 atom stereocenters. The van der Waals surface area contributed by atoms with E-state index in [2.05, 4.69) is 39.7 Å². The van der Waals surface area contributed by atoms with E-state index in [-0.39, 0.29) is 0 Å². The quantitative estimate of drug-likeness (QED) is 0.262. The molecule has 31 heavy (non-hydrogen) atoms. The summed E-state index contributed by atoms with van der Waals surface area (Å²) in [4.78, 5) is 9.28. The van der Waals surface area contributed by atoms with E-state index in [1.807, 2.05) is 48.9 Å². The number of benzene rings is 3. The fourth-order valence-electron chi connectivity index (χ4n) is 5.01. The highest BCUT2D eigenvalue weighted by atomic mass is 16.3. The van der Waals surface area contributed by atoms with Crippen molar-refractivity contribution in [3.05, 3.63) is 79.3 Å². The van der Waals surface area contributed by atoms with Gasteiger partial charge in [0.1, 0.15) is 28.0 Å². The zero-order valence-corrected chi connectivity index (χ0v) is 16.2. The average Bonchev–Trinajstić information content (AvgIpc) is 3.53. The van der Waals surface area contributed by atoms with Gasteiger partial charge in [0.25, 0.3) is 0 Å². The van der Waals surface area contributed by atoms with Crippen LogP contribution in [0.5, 0.6) is 0 Å². The molecule has 0 spiro atoms. The minimum absolute atomic E-state index is 0.809. The molecule has 8 aromatic rings. The zero-order chi connectivity index (χ0) is 20.1. The number of hydrogen-bond donors (Lipinski definition) is 0. The van der Waals surface area contributed by atoms with E-state index in [1.54, 1.807) is 0 Å². The van der Waals surface area contributed by atoms with Gasteiger partial charge in [0.2, 0.25) is 0 Å². The monoisotopic (exact) mass is 399 g/mol. The van der Waals surface area contributed by atoms with Gasteiger partial charge in [0.15, 0.2) is 0 Å². The zero-order valence-electron chi connectivity index (χ0n) is 16.2. The summed E-state index contributed by atoms with van der Waals surface area (Å²) in [5, 5.41) is 6.22. The summed E-state index contributed by atoms with van der Waals surface area (Å²) >= 11 is 0. The Morgan fingerprint density at radius 3 is 2.45 bits per heavy atom. The summed E-state index contributed by atoms with van der Waals surface area (Å²) in [6, 6.07) is 20.5. The smallest absolute Gasteiger partial charge is 0.147 e. The molecule has 5 aromatic heterocycles. The van der Waals surface area contributed by atoms with Gasteiger partial charge in [0.05, 0.1) is 21.8 Å². The van der Waals surface area contributed by atoms with Gasteiger partial charge in [-0.15, -0.1) is 0 Å². The third kappa shape index (κ3) is 1.78.